The summed E-state index contributed by atoms with van der Waals surface area (Å²) in [6, 6.07) is 0. The fraction of sp³-hybridized carbons (Fsp3) is 0.200. The zero-order valence-corrected chi connectivity index (χ0v) is 6.39. The number of hydrogen-bond donors (Lipinski definition) is 2. The molecule has 6 heteroatoms. The molecule has 0 aromatic carbocycles. The summed E-state index contributed by atoms with van der Waals surface area (Å²) < 4.78 is 5.17. The van der Waals surface area contributed by atoms with Crippen LogP contribution in [0.3, 0.4) is 0 Å². The van der Waals surface area contributed by atoms with E-state index in [1.54, 1.807) is 6.20 Å². The van der Waals surface area contributed by atoms with Crippen molar-refractivity contribution in [3.05, 3.63) is 18.2 Å². The van der Waals surface area contributed by atoms with E-state index in [-0.39, 0.29) is 0 Å². The van der Waals surface area contributed by atoms with E-state index < -0.39 is 0 Å². The summed E-state index contributed by atoms with van der Waals surface area (Å²) in [5.41, 5.74) is 3.76. The Morgan fingerprint density at radius 1 is 1.64 bits per heavy atom. The monoisotopic (exact) mass is 170 g/mol. The molecular weight excluding hydrogens is 164 g/mol. The van der Waals surface area contributed by atoms with Crippen LogP contribution in [0, 0.1) is 0 Å². The highest BCUT2D eigenvalue weighted by molar-refractivity contribution is 7.93. The number of hydrogen-bond acceptors (Lipinski definition) is 6. The average molecular weight is 170 g/mol. The third-order valence-corrected chi connectivity index (χ3v) is 1.75. The van der Waals surface area contributed by atoms with E-state index >= 15 is 0 Å². The number of nitrogens with one attached hydrogen (secondary N) is 2. The predicted molar refractivity (Wildman–Crippen MR) is 40.2 cm³/mol. The van der Waals surface area contributed by atoms with Gasteiger partial charge in [0.1, 0.15) is 12.0 Å². The molecule has 0 amide bonds. The second-order valence-corrected chi connectivity index (χ2v) is 2.49. The van der Waals surface area contributed by atoms with Crippen molar-refractivity contribution in [3.63, 3.8) is 0 Å². The average Bonchev–Trinajstić information content (AvgIpc) is 2.28. The van der Waals surface area contributed by atoms with Crippen molar-refractivity contribution in [2.24, 2.45) is 0 Å². The van der Waals surface area contributed by atoms with Crippen molar-refractivity contribution < 1.29 is 4.18 Å². The third kappa shape index (κ3) is 1.42. The van der Waals surface area contributed by atoms with E-state index in [0.29, 0.717) is 12.3 Å². The Balaban J connectivity index is 2.33. The SMILES string of the molecule is c1ncc2c(n1)CNNSO2. The summed E-state index contributed by atoms with van der Waals surface area (Å²) in [6.07, 6.45) is 3.14. The van der Waals surface area contributed by atoms with E-state index in [4.69, 9.17) is 4.18 Å². The fourth-order valence-corrected chi connectivity index (χ4v) is 1.16. The first-order valence-electron chi connectivity index (χ1n) is 3.07. The van der Waals surface area contributed by atoms with Gasteiger partial charge in [-0.2, -0.15) is 4.83 Å². The standard InChI is InChI=1S/C5H6N4OS/c1-4-5(2-6-3-7-4)10-11-9-8-1/h2-3,8-9H,1H2. The van der Waals surface area contributed by atoms with Gasteiger partial charge in [0, 0.05) is 0 Å². The van der Waals surface area contributed by atoms with Crippen LogP contribution in [0.25, 0.3) is 0 Å². The lowest BCUT2D eigenvalue weighted by atomic mass is 10.4. The van der Waals surface area contributed by atoms with Crippen LogP contribution < -0.4 is 14.4 Å². The molecule has 0 radical (unpaired) electrons. The van der Waals surface area contributed by atoms with Crippen molar-refractivity contribution >= 4 is 12.2 Å². The van der Waals surface area contributed by atoms with Crippen LogP contribution in [0.2, 0.25) is 0 Å². The van der Waals surface area contributed by atoms with Crippen molar-refractivity contribution in [1.82, 2.24) is 20.2 Å². The Labute approximate surface area is 67.9 Å². The van der Waals surface area contributed by atoms with Gasteiger partial charge in [-0.05, 0) is 0 Å². The quantitative estimate of drug-likeness (QED) is 0.423. The van der Waals surface area contributed by atoms with Crippen LogP contribution in [-0.2, 0) is 6.54 Å². The number of nitrogens with zero attached hydrogens (tertiary/aromatic N) is 2. The summed E-state index contributed by atoms with van der Waals surface area (Å²) in [4.78, 5) is 10.6. The zero-order chi connectivity index (χ0) is 7.52. The first kappa shape index (κ1) is 6.84. The van der Waals surface area contributed by atoms with E-state index in [1.807, 2.05) is 0 Å². The summed E-state index contributed by atoms with van der Waals surface area (Å²) in [6.45, 7) is 0.644. The summed E-state index contributed by atoms with van der Waals surface area (Å²) >= 11 is 1.12. The van der Waals surface area contributed by atoms with E-state index in [2.05, 4.69) is 20.2 Å². The molecule has 0 aliphatic carbocycles. The molecule has 0 atom stereocenters. The van der Waals surface area contributed by atoms with E-state index in [0.717, 1.165) is 17.9 Å². The highest BCUT2D eigenvalue weighted by Crippen LogP contribution is 2.18. The Morgan fingerprint density at radius 2 is 2.64 bits per heavy atom. The van der Waals surface area contributed by atoms with Crippen molar-refractivity contribution in [3.8, 4) is 5.75 Å². The lowest BCUT2D eigenvalue weighted by Gasteiger charge is -1.99. The van der Waals surface area contributed by atoms with Crippen LogP contribution >= 0.6 is 12.2 Å². The largest absolute Gasteiger partial charge is 0.405 e. The summed E-state index contributed by atoms with van der Waals surface area (Å²) in [7, 11) is 0. The summed E-state index contributed by atoms with van der Waals surface area (Å²) in [5.74, 6) is 0.704. The molecule has 1 aromatic heterocycles. The van der Waals surface area contributed by atoms with Crippen LogP contribution in [0.1, 0.15) is 5.69 Å². The Kier molecular flexibility index (Phi) is 1.89. The van der Waals surface area contributed by atoms with Gasteiger partial charge >= 0.3 is 0 Å². The molecule has 0 fully saturated rings. The molecule has 2 N–H and O–H groups in total. The van der Waals surface area contributed by atoms with Crippen LogP contribution in [0.4, 0.5) is 0 Å². The molecule has 1 aliphatic heterocycles. The minimum Gasteiger partial charge on any atom is -0.405 e. The molecule has 0 unspecified atom stereocenters. The minimum absolute atomic E-state index is 0.644. The van der Waals surface area contributed by atoms with Gasteiger partial charge in [0.05, 0.1) is 12.7 Å². The van der Waals surface area contributed by atoms with Crippen LogP contribution in [0.5, 0.6) is 5.75 Å². The maximum absolute atomic E-state index is 5.17. The molecule has 1 aromatic rings. The molecule has 0 bridgehead atoms. The normalized spacial score (nSPS) is 16.4. The molecule has 0 saturated carbocycles. The van der Waals surface area contributed by atoms with Gasteiger partial charge in [-0.25, -0.2) is 15.4 Å². The minimum atomic E-state index is 0.644. The molecule has 58 valence electrons. The highest BCUT2D eigenvalue weighted by Gasteiger charge is 2.08. The first-order chi connectivity index (χ1) is 5.47. The van der Waals surface area contributed by atoms with Crippen LogP contribution in [0.15, 0.2) is 12.5 Å². The molecule has 1 aliphatic rings. The lowest BCUT2D eigenvalue weighted by Crippen LogP contribution is -2.23. The van der Waals surface area contributed by atoms with Gasteiger partial charge in [0.15, 0.2) is 18.0 Å². The van der Waals surface area contributed by atoms with Crippen molar-refractivity contribution in [2.45, 2.75) is 6.54 Å². The number of aromatic nitrogens is 2. The van der Waals surface area contributed by atoms with Crippen molar-refractivity contribution in [1.29, 1.82) is 0 Å². The Bertz CT molecular complexity index is 231. The number of fused-ring (bicyclic) bond motifs is 1. The molecule has 5 nitrogen and oxygen atoms in total. The molecule has 0 saturated heterocycles. The van der Waals surface area contributed by atoms with Crippen LogP contribution in [-0.4, -0.2) is 9.97 Å². The highest BCUT2D eigenvalue weighted by atomic mass is 32.2. The maximum Gasteiger partial charge on any atom is 0.180 e. The topological polar surface area (TPSA) is 59.1 Å². The summed E-state index contributed by atoms with van der Waals surface area (Å²) in [5, 5.41) is 0. The second-order valence-electron chi connectivity index (χ2n) is 1.96. The molecule has 2 rings (SSSR count). The zero-order valence-electron chi connectivity index (χ0n) is 5.57. The number of rotatable bonds is 0. The first-order valence-corrected chi connectivity index (χ1v) is 3.81. The maximum atomic E-state index is 5.17. The van der Waals surface area contributed by atoms with E-state index in [9.17, 15) is 0 Å². The molecular formula is C5H6N4OS. The van der Waals surface area contributed by atoms with E-state index in [1.165, 1.54) is 6.33 Å². The smallest absolute Gasteiger partial charge is 0.180 e. The third-order valence-electron chi connectivity index (χ3n) is 1.26. The molecule has 2 heterocycles. The van der Waals surface area contributed by atoms with Gasteiger partial charge < -0.3 is 4.18 Å². The Hall–Kier alpha value is -0.850. The van der Waals surface area contributed by atoms with Crippen molar-refractivity contribution in [2.75, 3.05) is 0 Å². The molecule has 0 spiro atoms. The van der Waals surface area contributed by atoms with Gasteiger partial charge in [0.25, 0.3) is 0 Å². The Morgan fingerprint density at radius 3 is 3.64 bits per heavy atom. The second kappa shape index (κ2) is 3.04. The fourth-order valence-electron chi connectivity index (χ4n) is 0.760. The van der Waals surface area contributed by atoms with Gasteiger partial charge in [-0.3, -0.25) is 0 Å². The van der Waals surface area contributed by atoms with Gasteiger partial charge in [-0.15, -0.1) is 0 Å². The lowest BCUT2D eigenvalue weighted by molar-refractivity contribution is 0.628. The number of hydrazine groups is 1. The van der Waals surface area contributed by atoms with Gasteiger partial charge in [-0.1, -0.05) is 0 Å². The molecule has 11 heavy (non-hydrogen) atoms. The van der Waals surface area contributed by atoms with Gasteiger partial charge in [0.2, 0.25) is 0 Å². The predicted octanol–water partition coefficient (Wildman–Crippen LogP) is 0.0264.